The number of nitrogens with two attached hydrogens (primary N) is 1. The maximum Gasteiger partial charge on any atom is 0.357 e. The van der Waals surface area contributed by atoms with E-state index >= 15 is 0 Å². The van der Waals surface area contributed by atoms with Crippen LogP contribution in [0.1, 0.15) is 28.3 Å². The first-order valence-electron chi connectivity index (χ1n) is 4.77. The zero-order valence-electron chi connectivity index (χ0n) is 8.10. The van der Waals surface area contributed by atoms with Crippen LogP contribution in [0.4, 0.5) is 5.00 Å². The third kappa shape index (κ3) is 2.27. The number of carboxylic acids is 1. The van der Waals surface area contributed by atoms with E-state index in [9.17, 15) is 4.79 Å². The van der Waals surface area contributed by atoms with Crippen molar-refractivity contribution in [3.8, 4) is 0 Å². The quantitative estimate of drug-likeness (QED) is 0.810. The Kier molecular flexibility index (Phi) is 2.88. The molecule has 2 heterocycles. The number of nitrogens with zero attached hydrogens (tertiary/aromatic N) is 1. The number of aromatic nitrogens is 1. The molecule has 1 aromatic rings. The van der Waals surface area contributed by atoms with Crippen molar-refractivity contribution in [1.29, 1.82) is 0 Å². The van der Waals surface area contributed by atoms with E-state index in [1.165, 1.54) is 11.3 Å². The van der Waals surface area contributed by atoms with E-state index in [0.717, 1.165) is 24.5 Å². The van der Waals surface area contributed by atoms with Crippen molar-refractivity contribution >= 4 is 22.3 Å². The molecule has 0 amide bonds. The van der Waals surface area contributed by atoms with E-state index in [1.807, 2.05) is 0 Å². The number of hydrogen-bond donors (Lipinski definition) is 2. The van der Waals surface area contributed by atoms with E-state index < -0.39 is 5.97 Å². The van der Waals surface area contributed by atoms with Gasteiger partial charge in [0.2, 0.25) is 0 Å². The highest BCUT2D eigenvalue weighted by Gasteiger charge is 2.20. The number of ether oxygens (including phenoxy) is 1. The fraction of sp³-hybridized carbons (Fsp3) is 0.556. The lowest BCUT2D eigenvalue weighted by molar-refractivity contribution is 0.0691. The number of thiazole rings is 1. The average Bonchev–Trinajstić information content (AvgIpc) is 2.75. The average molecular weight is 228 g/mol. The van der Waals surface area contributed by atoms with E-state index in [2.05, 4.69) is 4.98 Å². The van der Waals surface area contributed by atoms with Gasteiger partial charge in [-0.15, -0.1) is 11.3 Å². The monoisotopic (exact) mass is 228 g/mol. The van der Waals surface area contributed by atoms with E-state index in [4.69, 9.17) is 15.6 Å². The molecule has 0 saturated carbocycles. The van der Waals surface area contributed by atoms with Crippen LogP contribution >= 0.6 is 11.3 Å². The largest absolute Gasteiger partial charge is 0.476 e. The minimum atomic E-state index is -1.07. The SMILES string of the molecule is Nc1sc(CC2CCCO2)nc1C(=O)O. The van der Waals surface area contributed by atoms with Crippen LogP contribution in [0.2, 0.25) is 0 Å². The van der Waals surface area contributed by atoms with E-state index in [0.29, 0.717) is 6.42 Å². The second-order valence-electron chi connectivity index (χ2n) is 3.46. The fourth-order valence-electron chi connectivity index (χ4n) is 1.62. The molecular formula is C9H12N2O3S. The highest BCUT2D eigenvalue weighted by Crippen LogP contribution is 2.25. The third-order valence-corrected chi connectivity index (χ3v) is 3.23. The molecule has 1 aliphatic heterocycles. The fourth-order valence-corrected chi connectivity index (χ4v) is 2.51. The zero-order valence-corrected chi connectivity index (χ0v) is 8.92. The Bertz CT molecular complexity index is 371. The van der Waals surface area contributed by atoms with Gasteiger partial charge in [-0.25, -0.2) is 9.78 Å². The minimum absolute atomic E-state index is 0.0343. The molecule has 6 heteroatoms. The summed E-state index contributed by atoms with van der Waals surface area (Å²) in [6.07, 6.45) is 2.93. The van der Waals surface area contributed by atoms with Crippen LogP contribution in [0.3, 0.4) is 0 Å². The molecule has 0 radical (unpaired) electrons. The molecule has 0 bridgehead atoms. The molecule has 1 fully saturated rings. The Morgan fingerprint density at radius 1 is 1.73 bits per heavy atom. The lowest BCUT2D eigenvalue weighted by Crippen LogP contribution is -2.09. The van der Waals surface area contributed by atoms with Crippen molar-refractivity contribution in [2.45, 2.75) is 25.4 Å². The van der Waals surface area contributed by atoms with Crippen molar-refractivity contribution in [1.82, 2.24) is 4.98 Å². The van der Waals surface area contributed by atoms with Crippen LogP contribution in [0.15, 0.2) is 0 Å². The zero-order chi connectivity index (χ0) is 10.8. The minimum Gasteiger partial charge on any atom is -0.476 e. The van der Waals surface area contributed by atoms with Crippen LogP contribution in [0.25, 0.3) is 0 Å². The predicted octanol–water partition coefficient (Wildman–Crippen LogP) is 1.15. The summed E-state index contributed by atoms with van der Waals surface area (Å²) < 4.78 is 5.44. The highest BCUT2D eigenvalue weighted by molar-refractivity contribution is 7.15. The molecule has 1 saturated heterocycles. The molecule has 1 aliphatic rings. The molecular weight excluding hydrogens is 216 g/mol. The molecule has 5 nitrogen and oxygen atoms in total. The summed E-state index contributed by atoms with van der Waals surface area (Å²) in [6, 6.07) is 0. The summed E-state index contributed by atoms with van der Waals surface area (Å²) in [4.78, 5) is 14.7. The molecule has 15 heavy (non-hydrogen) atoms. The predicted molar refractivity (Wildman–Crippen MR) is 56.2 cm³/mol. The van der Waals surface area contributed by atoms with Gasteiger partial charge in [-0.3, -0.25) is 0 Å². The van der Waals surface area contributed by atoms with Crippen LogP contribution in [-0.2, 0) is 11.2 Å². The Morgan fingerprint density at radius 3 is 3.07 bits per heavy atom. The van der Waals surface area contributed by atoms with Crippen molar-refractivity contribution in [2.24, 2.45) is 0 Å². The summed E-state index contributed by atoms with van der Waals surface area (Å²) >= 11 is 1.24. The molecule has 0 aromatic carbocycles. The molecule has 82 valence electrons. The highest BCUT2D eigenvalue weighted by atomic mass is 32.1. The molecule has 1 unspecified atom stereocenters. The van der Waals surface area contributed by atoms with Crippen LogP contribution in [-0.4, -0.2) is 28.8 Å². The van der Waals surface area contributed by atoms with Gasteiger partial charge < -0.3 is 15.6 Å². The number of carboxylic acid groups (broad SMARTS) is 1. The lowest BCUT2D eigenvalue weighted by atomic mass is 10.2. The summed E-state index contributed by atoms with van der Waals surface area (Å²) in [7, 11) is 0. The normalized spacial score (nSPS) is 20.7. The smallest absolute Gasteiger partial charge is 0.357 e. The second-order valence-corrected chi connectivity index (χ2v) is 4.58. The molecule has 1 atom stereocenters. The number of nitrogen functional groups attached to an aromatic ring is 1. The van der Waals surface area contributed by atoms with Crippen molar-refractivity contribution in [3.05, 3.63) is 10.7 Å². The Hall–Kier alpha value is -1.14. The number of aromatic carboxylic acids is 1. The third-order valence-electron chi connectivity index (χ3n) is 2.33. The maximum absolute atomic E-state index is 10.7. The van der Waals surface area contributed by atoms with Crippen LogP contribution < -0.4 is 5.73 Å². The van der Waals surface area contributed by atoms with Crippen molar-refractivity contribution in [3.63, 3.8) is 0 Å². The topological polar surface area (TPSA) is 85.4 Å². The summed E-state index contributed by atoms with van der Waals surface area (Å²) in [5.41, 5.74) is 5.52. The van der Waals surface area contributed by atoms with Gasteiger partial charge in [0.25, 0.3) is 0 Å². The van der Waals surface area contributed by atoms with Crippen LogP contribution in [0.5, 0.6) is 0 Å². The van der Waals surface area contributed by atoms with Gasteiger partial charge in [0.15, 0.2) is 5.69 Å². The first-order chi connectivity index (χ1) is 7.16. The molecule has 0 aliphatic carbocycles. The number of hydrogen-bond acceptors (Lipinski definition) is 5. The van der Waals surface area contributed by atoms with Gasteiger partial charge in [0, 0.05) is 13.0 Å². The van der Waals surface area contributed by atoms with Crippen LogP contribution in [0, 0.1) is 0 Å². The number of carbonyl (C=O) groups is 1. The van der Waals surface area contributed by atoms with Gasteiger partial charge in [0.05, 0.1) is 11.1 Å². The molecule has 0 spiro atoms. The number of anilines is 1. The number of rotatable bonds is 3. The lowest BCUT2D eigenvalue weighted by Gasteiger charge is -2.04. The molecule has 2 rings (SSSR count). The molecule has 3 N–H and O–H groups in total. The molecule has 1 aromatic heterocycles. The summed E-state index contributed by atoms with van der Waals surface area (Å²) in [6.45, 7) is 0.789. The first kappa shape index (κ1) is 10.4. The van der Waals surface area contributed by atoms with Gasteiger partial charge in [-0.2, -0.15) is 0 Å². The first-order valence-corrected chi connectivity index (χ1v) is 5.58. The Balaban J connectivity index is 2.08. The van der Waals surface area contributed by atoms with Crippen molar-refractivity contribution in [2.75, 3.05) is 12.3 Å². The van der Waals surface area contributed by atoms with Crippen molar-refractivity contribution < 1.29 is 14.6 Å². The standard InChI is InChI=1S/C9H12N2O3S/c10-8-7(9(12)13)11-6(15-8)4-5-2-1-3-14-5/h5H,1-4,10H2,(H,12,13). The van der Waals surface area contributed by atoms with Gasteiger partial charge >= 0.3 is 5.97 Å². The Morgan fingerprint density at radius 2 is 2.53 bits per heavy atom. The van der Waals surface area contributed by atoms with Gasteiger partial charge in [0.1, 0.15) is 5.00 Å². The van der Waals surface area contributed by atoms with Gasteiger partial charge in [-0.05, 0) is 12.8 Å². The maximum atomic E-state index is 10.7. The summed E-state index contributed by atoms with van der Waals surface area (Å²) in [5, 5.41) is 9.79. The van der Waals surface area contributed by atoms with Gasteiger partial charge in [-0.1, -0.05) is 0 Å². The van der Waals surface area contributed by atoms with E-state index in [1.54, 1.807) is 0 Å². The summed E-state index contributed by atoms with van der Waals surface area (Å²) in [5.74, 6) is -1.07. The Labute approximate surface area is 90.9 Å². The second kappa shape index (κ2) is 4.16. The van der Waals surface area contributed by atoms with E-state index in [-0.39, 0.29) is 16.8 Å².